The molecular formula is C17H21N3. The van der Waals surface area contributed by atoms with Gasteiger partial charge in [0, 0.05) is 24.5 Å². The van der Waals surface area contributed by atoms with Crippen molar-refractivity contribution in [2.45, 2.75) is 6.92 Å². The average molecular weight is 267 g/mol. The monoisotopic (exact) mass is 267 g/mol. The van der Waals surface area contributed by atoms with Gasteiger partial charge in [0.2, 0.25) is 0 Å². The maximum Gasteiger partial charge on any atom is 0.0349 e. The molecule has 0 amide bonds. The first-order valence-electron chi connectivity index (χ1n) is 6.71. The van der Waals surface area contributed by atoms with E-state index in [0.717, 1.165) is 40.2 Å². The number of aryl methyl sites for hydroxylation is 1. The molecule has 0 saturated carbocycles. The molecule has 0 aliphatic heterocycles. The summed E-state index contributed by atoms with van der Waals surface area (Å²) in [5, 5.41) is 3.20. The molecule has 0 saturated heterocycles. The molecule has 0 unspecified atom stereocenters. The van der Waals surface area contributed by atoms with Crippen LogP contribution >= 0.6 is 0 Å². The Kier molecular flexibility index (Phi) is 4.43. The van der Waals surface area contributed by atoms with Crippen molar-refractivity contribution in [3.05, 3.63) is 60.2 Å². The molecule has 0 fully saturated rings. The number of benzene rings is 2. The summed E-state index contributed by atoms with van der Waals surface area (Å²) in [7, 11) is 0. The van der Waals surface area contributed by atoms with Crippen LogP contribution in [0.5, 0.6) is 0 Å². The lowest BCUT2D eigenvalue weighted by molar-refractivity contribution is 0.859. The number of hydrogen-bond acceptors (Lipinski definition) is 3. The molecule has 0 aliphatic carbocycles. The van der Waals surface area contributed by atoms with Crippen LogP contribution < -0.4 is 16.8 Å². The number of nitrogens with two attached hydrogens (primary N) is 2. The van der Waals surface area contributed by atoms with E-state index in [2.05, 4.69) is 30.1 Å². The van der Waals surface area contributed by atoms with Crippen LogP contribution in [0.15, 0.2) is 49.0 Å². The van der Waals surface area contributed by atoms with Gasteiger partial charge in [0.05, 0.1) is 0 Å². The van der Waals surface area contributed by atoms with Crippen molar-refractivity contribution in [3.63, 3.8) is 0 Å². The van der Waals surface area contributed by atoms with E-state index in [1.54, 1.807) is 0 Å². The average Bonchev–Trinajstić information content (AvgIpc) is 2.47. The summed E-state index contributed by atoms with van der Waals surface area (Å²) in [6.07, 6.45) is 0. The highest BCUT2D eigenvalue weighted by molar-refractivity contribution is 5.73. The molecule has 0 heterocycles. The van der Waals surface area contributed by atoms with Crippen molar-refractivity contribution in [1.29, 1.82) is 0 Å². The SMILES string of the molecule is C=C(NCCN)c1cccc(-c2ccc(C)c(N)c2)c1. The summed E-state index contributed by atoms with van der Waals surface area (Å²) in [5.74, 6) is 0. The van der Waals surface area contributed by atoms with Crippen LogP contribution in [0.25, 0.3) is 16.8 Å². The van der Waals surface area contributed by atoms with E-state index in [9.17, 15) is 0 Å². The van der Waals surface area contributed by atoms with Crippen LogP contribution in [-0.4, -0.2) is 13.1 Å². The minimum absolute atomic E-state index is 0.590. The molecule has 0 spiro atoms. The molecule has 0 aliphatic rings. The van der Waals surface area contributed by atoms with Gasteiger partial charge in [0.15, 0.2) is 0 Å². The summed E-state index contributed by atoms with van der Waals surface area (Å²) in [4.78, 5) is 0. The maximum absolute atomic E-state index is 5.98. The molecule has 20 heavy (non-hydrogen) atoms. The lowest BCUT2D eigenvalue weighted by atomic mass is 10.00. The van der Waals surface area contributed by atoms with Gasteiger partial charge in [0.25, 0.3) is 0 Å². The van der Waals surface area contributed by atoms with Crippen LogP contribution in [0.2, 0.25) is 0 Å². The fraction of sp³-hybridized carbons (Fsp3) is 0.176. The number of anilines is 1. The van der Waals surface area contributed by atoms with Crippen LogP contribution in [0.1, 0.15) is 11.1 Å². The zero-order chi connectivity index (χ0) is 14.5. The van der Waals surface area contributed by atoms with Crippen molar-refractivity contribution >= 4 is 11.4 Å². The largest absolute Gasteiger partial charge is 0.398 e. The number of nitrogens with one attached hydrogen (secondary N) is 1. The van der Waals surface area contributed by atoms with E-state index in [-0.39, 0.29) is 0 Å². The highest BCUT2D eigenvalue weighted by atomic mass is 14.9. The van der Waals surface area contributed by atoms with Gasteiger partial charge in [0.1, 0.15) is 0 Å². The van der Waals surface area contributed by atoms with Crippen LogP contribution in [-0.2, 0) is 0 Å². The Hall–Kier alpha value is -2.26. The van der Waals surface area contributed by atoms with Crippen molar-refractivity contribution in [3.8, 4) is 11.1 Å². The second-order valence-electron chi connectivity index (χ2n) is 4.85. The van der Waals surface area contributed by atoms with Gasteiger partial charge >= 0.3 is 0 Å². The van der Waals surface area contributed by atoms with E-state index < -0.39 is 0 Å². The Morgan fingerprint density at radius 2 is 1.90 bits per heavy atom. The van der Waals surface area contributed by atoms with Gasteiger partial charge in [-0.25, -0.2) is 0 Å². The van der Waals surface area contributed by atoms with Gasteiger partial charge in [-0.1, -0.05) is 36.9 Å². The normalized spacial score (nSPS) is 10.3. The third kappa shape index (κ3) is 3.19. The van der Waals surface area contributed by atoms with E-state index in [1.807, 2.05) is 31.2 Å². The van der Waals surface area contributed by atoms with Crippen LogP contribution in [0.4, 0.5) is 5.69 Å². The molecule has 0 radical (unpaired) electrons. The summed E-state index contributed by atoms with van der Waals surface area (Å²) >= 11 is 0. The Morgan fingerprint density at radius 1 is 1.15 bits per heavy atom. The Bertz CT molecular complexity index is 617. The summed E-state index contributed by atoms with van der Waals surface area (Å²) < 4.78 is 0. The predicted molar refractivity (Wildman–Crippen MR) is 87.1 cm³/mol. The van der Waals surface area contributed by atoms with Crippen molar-refractivity contribution in [1.82, 2.24) is 5.32 Å². The summed E-state index contributed by atoms with van der Waals surface area (Å²) in [6, 6.07) is 14.4. The molecule has 5 N–H and O–H groups in total. The second-order valence-corrected chi connectivity index (χ2v) is 4.85. The Morgan fingerprint density at radius 3 is 2.60 bits per heavy atom. The van der Waals surface area contributed by atoms with Gasteiger partial charge in [-0.15, -0.1) is 0 Å². The van der Waals surface area contributed by atoms with Gasteiger partial charge < -0.3 is 16.8 Å². The smallest absolute Gasteiger partial charge is 0.0349 e. The van der Waals surface area contributed by atoms with Crippen LogP contribution in [0.3, 0.4) is 0 Å². The third-order valence-corrected chi connectivity index (χ3v) is 3.31. The molecule has 104 valence electrons. The molecule has 0 bridgehead atoms. The number of hydrogen-bond donors (Lipinski definition) is 3. The Labute approximate surface area is 120 Å². The molecule has 2 aromatic rings. The lowest BCUT2D eigenvalue weighted by Crippen LogP contribution is -2.20. The van der Waals surface area contributed by atoms with Gasteiger partial charge in [-0.3, -0.25) is 0 Å². The standard InChI is InChI=1S/C17H21N3/c1-12-6-7-16(11-17(12)19)15-5-3-4-14(10-15)13(2)20-9-8-18/h3-7,10-11,20H,2,8-9,18-19H2,1H3. The van der Waals surface area contributed by atoms with Crippen molar-refractivity contribution in [2.75, 3.05) is 18.8 Å². The third-order valence-electron chi connectivity index (χ3n) is 3.31. The first kappa shape index (κ1) is 14.2. The zero-order valence-corrected chi connectivity index (χ0v) is 11.8. The van der Waals surface area contributed by atoms with Crippen LogP contribution in [0, 0.1) is 6.92 Å². The quantitative estimate of drug-likeness (QED) is 0.730. The topological polar surface area (TPSA) is 64.1 Å². The first-order valence-corrected chi connectivity index (χ1v) is 6.71. The maximum atomic E-state index is 5.98. The van der Waals surface area contributed by atoms with E-state index >= 15 is 0 Å². The molecule has 3 heteroatoms. The van der Waals surface area contributed by atoms with E-state index in [1.165, 1.54) is 0 Å². The predicted octanol–water partition coefficient (Wildman–Crippen LogP) is 2.76. The van der Waals surface area contributed by atoms with Crippen molar-refractivity contribution < 1.29 is 0 Å². The van der Waals surface area contributed by atoms with E-state index in [4.69, 9.17) is 11.5 Å². The van der Waals surface area contributed by atoms with E-state index in [0.29, 0.717) is 6.54 Å². The molecule has 2 aromatic carbocycles. The number of nitrogen functional groups attached to an aromatic ring is 1. The number of rotatable bonds is 5. The summed E-state index contributed by atoms with van der Waals surface area (Å²) in [6.45, 7) is 7.36. The fourth-order valence-electron chi connectivity index (χ4n) is 2.03. The van der Waals surface area contributed by atoms with Gasteiger partial charge in [-0.2, -0.15) is 0 Å². The second kappa shape index (κ2) is 6.26. The Balaban J connectivity index is 2.29. The minimum Gasteiger partial charge on any atom is -0.398 e. The fourth-order valence-corrected chi connectivity index (χ4v) is 2.03. The molecular weight excluding hydrogens is 246 g/mol. The molecule has 0 atom stereocenters. The molecule has 3 nitrogen and oxygen atoms in total. The van der Waals surface area contributed by atoms with Crippen molar-refractivity contribution in [2.24, 2.45) is 5.73 Å². The summed E-state index contributed by atoms with van der Waals surface area (Å²) in [5.41, 5.74) is 17.6. The highest BCUT2D eigenvalue weighted by Gasteiger charge is 2.03. The molecule has 2 rings (SSSR count). The highest BCUT2D eigenvalue weighted by Crippen LogP contribution is 2.25. The first-order chi connectivity index (χ1) is 9.61. The molecule has 0 aromatic heterocycles. The lowest BCUT2D eigenvalue weighted by Gasteiger charge is -2.11. The van der Waals surface area contributed by atoms with Gasteiger partial charge in [-0.05, 0) is 41.3 Å². The minimum atomic E-state index is 0.590. The zero-order valence-electron chi connectivity index (χ0n) is 11.8.